The summed E-state index contributed by atoms with van der Waals surface area (Å²) in [7, 11) is -3.90. The Hall–Kier alpha value is -0.860. The summed E-state index contributed by atoms with van der Waals surface area (Å²) >= 11 is 2.95. The molecular weight excluding hydrogens is 348 g/mol. The molecule has 2 aliphatic rings. The lowest BCUT2D eigenvalue weighted by Crippen LogP contribution is -2.30. The zero-order valence-electron chi connectivity index (χ0n) is 10.7. The van der Waals surface area contributed by atoms with Crippen LogP contribution in [0.3, 0.4) is 0 Å². The second-order valence-electron chi connectivity index (χ2n) is 5.61. The molecule has 2 saturated carbocycles. The molecule has 110 valence electrons. The van der Waals surface area contributed by atoms with Gasteiger partial charge in [0.1, 0.15) is 4.90 Å². The van der Waals surface area contributed by atoms with Gasteiger partial charge in [-0.3, -0.25) is 4.79 Å². The normalized spacial score (nSPS) is 20.7. The van der Waals surface area contributed by atoms with Crippen LogP contribution in [0.5, 0.6) is 0 Å². The van der Waals surface area contributed by atoms with Crippen LogP contribution in [0.1, 0.15) is 36.2 Å². The highest BCUT2D eigenvalue weighted by Gasteiger charge is 2.53. The second kappa shape index (κ2) is 4.57. The highest BCUT2D eigenvalue weighted by atomic mass is 79.9. The quantitative estimate of drug-likeness (QED) is 0.830. The van der Waals surface area contributed by atoms with Gasteiger partial charge in [0, 0.05) is 12.6 Å². The predicted octanol–water partition coefficient (Wildman–Crippen LogP) is 1.61. The molecule has 8 heteroatoms. The summed E-state index contributed by atoms with van der Waals surface area (Å²) in [4.78, 5) is 11.8. The SMILES string of the molecule is NS(=O)(=O)c1cc(C(=O)NCC2(C3CC3)CC2)oc1Br. The Bertz CT molecular complexity index is 659. The second-order valence-corrected chi connectivity index (χ2v) is 7.86. The minimum Gasteiger partial charge on any atom is -0.443 e. The zero-order valence-corrected chi connectivity index (χ0v) is 13.1. The fraction of sp³-hybridized carbons (Fsp3) is 0.583. The van der Waals surface area contributed by atoms with E-state index in [0.717, 1.165) is 24.8 Å². The van der Waals surface area contributed by atoms with Gasteiger partial charge in [-0.1, -0.05) is 0 Å². The molecule has 0 saturated heterocycles. The van der Waals surface area contributed by atoms with E-state index in [2.05, 4.69) is 21.2 Å². The van der Waals surface area contributed by atoms with E-state index in [1.54, 1.807) is 0 Å². The standard InChI is InChI=1S/C12H15BrN2O4S/c13-10-9(20(14,17)18)5-8(19-10)11(16)15-6-12(3-4-12)7-1-2-7/h5,7H,1-4,6H2,(H,15,16)(H2,14,17,18). The Morgan fingerprint density at radius 3 is 2.60 bits per heavy atom. The molecule has 1 amide bonds. The van der Waals surface area contributed by atoms with Crippen molar-refractivity contribution in [1.82, 2.24) is 5.32 Å². The number of carbonyl (C=O) groups is 1. The van der Waals surface area contributed by atoms with Gasteiger partial charge in [-0.2, -0.15) is 0 Å². The van der Waals surface area contributed by atoms with E-state index in [1.165, 1.54) is 12.8 Å². The van der Waals surface area contributed by atoms with E-state index in [9.17, 15) is 13.2 Å². The van der Waals surface area contributed by atoms with Gasteiger partial charge in [0.05, 0.1) is 0 Å². The first kappa shape index (κ1) is 14.1. The molecule has 0 radical (unpaired) electrons. The zero-order chi connectivity index (χ0) is 14.5. The Balaban J connectivity index is 1.68. The number of sulfonamides is 1. The molecular formula is C12H15BrN2O4S. The molecule has 3 N–H and O–H groups in total. The number of nitrogens with two attached hydrogens (primary N) is 1. The Kier molecular flexibility index (Phi) is 3.22. The number of amides is 1. The van der Waals surface area contributed by atoms with Crippen molar-refractivity contribution in [2.75, 3.05) is 6.54 Å². The van der Waals surface area contributed by atoms with Gasteiger partial charge in [-0.15, -0.1) is 0 Å². The van der Waals surface area contributed by atoms with Crippen molar-refractivity contribution >= 4 is 31.9 Å². The van der Waals surface area contributed by atoms with Gasteiger partial charge in [-0.05, 0) is 52.9 Å². The first-order chi connectivity index (χ1) is 9.32. The number of nitrogens with one attached hydrogen (secondary N) is 1. The van der Waals surface area contributed by atoms with Crippen LogP contribution in [0.15, 0.2) is 20.0 Å². The van der Waals surface area contributed by atoms with Crippen molar-refractivity contribution in [3.63, 3.8) is 0 Å². The highest BCUT2D eigenvalue weighted by Crippen LogP contribution is 2.60. The van der Waals surface area contributed by atoms with E-state index < -0.39 is 15.9 Å². The van der Waals surface area contributed by atoms with Crippen molar-refractivity contribution in [3.05, 3.63) is 16.5 Å². The van der Waals surface area contributed by atoms with Gasteiger partial charge in [0.2, 0.25) is 10.0 Å². The Morgan fingerprint density at radius 2 is 2.15 bits per heavy atom. The third-order valence-electron chi connectivity index (χ3n) is 4.12. The third-order valence-corrected chi connectivity index (χ3v) is 5.89. The Labute approximate surface area is 125 Å². The highest BCUT2D eigenvalue weighted by molar-refractivity contribution is 9.10. The minimum atomic E-state index is -3.90. The van der Waals surface area contributed by atoms with Crippen molar-refractivity contribution < 1.29 is 17.6 Å². The Morgan fingerprint density at radius 1 is 1.50 bits per heavy atom. The molecule has 1 heterocycles. The topological polar surface area (TPSA) is 102 Å². The molecule has 2 aliphatic carbocycles. The van der Waals surface area contributed by atoms with E-state index >= 15 is 0 Å². The monoisotopic (exact) mass is 362 g/mol. The average Bonchev–Trinajstić information content (AvgIpc) is 3.22. The fourth-order valence-corrected chi connectivity index (χ4v) is 4.09. The molecule has 0 unspecified atom stereocenters. The van der Waals surface area contributed by atoms with E-state index in [4.69, 9.17) is 9.56 Å². The van der Waals surface area contributed by atoms with Crippen LogP contribution in [0, 0.1) is 11.3 Å². The van der Waals surface area contributed by atoms with Crippen molar-refractivity contribution in [2.24, 2.45) is 16.5 Å². The number of hydrogen-bond acceptors (Lipinski definition) is 4. The van der Waals surface area contributed by atoms with Crippen LogP contribution in [-0.4, -0.2) is 20.9 Å². The molecule has 0 aliphatic heterocycles. The molecule has 2 fully saturated rings. The first-order valence-corrected chi connectivity index (χ1v) is 8.76. The van der Waals surface area contributed by atoms with Crippen molar-refractivity contribution in [1.29, 1.82) is 0 Å². The van der Waals surface area contributed by atoms with Gasteiger partial charge in [-0.25, -0.2) is 13.6 Å². The van der Waals surface area contributed by atoms with Gasteiger partial charge in [0.15, 0.2) is 10.4 Å². The maximum atomic E-state index is 12.0. The average molecular weight is 363 g/mol. The van der Waals surface area contributed by atoms with Crippen LogP contribution < -0.4 is 10.5 Å². The van der Waals surface area contributed by atoms with Crippen LogP contribution >= 0.6 is 15.9 Å². The number of primary sulfonamides is 1. The molecule has 0 spiro atoms. The lowest BCUT2D eigenvalue weighted by Gasteiger charge is -2.13. The largest absolute Gasteiger partial charge is 0.443 e. The summed E-state index contributed by atoms with van der Waals surface area (Å²) in [6.07, 6.45) is 4.81. The lowest BCUT2D eigenvalue weighted by molar-refractivity contribution is 0.0913. The van der Waals surface area contributed by atoms with Crippen LogP contribution in [0.4, 0.5) is 0 Å². The summed E-state index contributed by atoms with van der Waals surface area (Å²) in [6, 6.07) is 1.14. The third kappa shape index (κ3) is 2.64. The predicted molar refractivity (Wildman–Crippen MR) is 74.5 cm³/mol. The van der Waals surface area contributed by atoms with Crippen LogP contribution in [0.2, 0.25) is 0 Å². The number of furan rings is 1. The lowest BCUT2D eigenvalue weighted by atomic mass is 10.0. The van der Waals surface area contributed by atoms with E-state index in [-0.39, 0.29) is 20.7 Å². The summed E-state index contributed by atoms with van der Waals surface area (Å²) < 4.78 is 27.6. The number of halogens is 1. The van der Waals surface area contributed by atoms with Crippen LogP contribution in [-0.2, 0) is 10.0 Å². The molecule has 0 bridgehead atoms. The molecule has 6 nitrogen and oxygen atoms in total. The maximum absolute atomic E-state index is 12.0. The number of rotatable bonds is 5. The number of hydrogen-bond donors (Lipinski definition) is 2. The number of carbonyl (C=O) groups excluding carboxylic acids is 1. The molecule has 1 aromatic rings. The summed E-state index contributed by atoms with van der Waals surface area (Å²) in [6.45, 7) is 0.625. The van der Waals surface area contributed by atoms with Crippen LogP contribution in [0.25, 0.3) is 0 Å². The smallest absolute Gasteiger partial charge is 0.287 e. The fourth-order valence-electron chi connectivity index (χ4n) is 2.59. The molecule has 0 aromatic carbocycles. The van der Waals surface area contributed by atoms with Crippen molar-refractivity contribution in [2.45, 2.75) is 30.6 Å². The molecule has 1 aromatic heterocycles. The van der Waals surface area contributed by atoms with E-state index in [0.29, 0.717) is 6.54 Å². The van der Waals surface area contributed by atoms with E-state index in [1.807, 2.05) is 0 Å². The molecule has 0 atom stereocenters. The molecule has 20 heavy (non-hydrogen) atoms. The van der Waals surface area contributed by atoms with Crippen molar-refractivity contribution in [3.8, 4) is 0 Å². The molecule has 3 rings (SSSR count). The van der Waals surface area contributed by atoms with Gasteiger partial charge >= 0.3 is 0 Å². The maximum Gasteiger partial charge on any atom is 0.287 e. The van der Waals surface area contributed by atoms with Gasteiger partial charge < -0.3 is 9.73 Å². The summed E-state index contributed by atoms with van der Waals surface area (Å²) in [5.41, 5.74) is 0.280. The first-order valence-electron chi connectivity index (χ1n) is 6.42. The summed E-state index contributed by atoms with van der Waals surface area (Å²) in [5.74, 6) is 0.283. The van der Waals surface area contributed by atoms with Gasteiger partial charge in [0.25, 0.3) is 5.91 Å². The summed E-state index contributed by atoms with van der Waals surface area (Å²) in [5, 5.41) is 7.85. The minimum absolute atomic E-state index is 0.0477.